The first-order chi connectivity index (χ1) is 14.1. The van der Waals surface area contributed by atoms with Gasteiger partial charge in [-0.2, -0.15) is 0 Å². The lowest BCUT2D eigenvalue weighted by Crippen LogP contribution is -2.41. The zero-order valence-electron chi connectivity index (χ0n) is 17.2. The third kappa shape index (κ3) is 3.85. The van der Waals surface area contributed by atoms with Crippen LogP contribution in [0.25, 0.3) is 0 Å². The van der Waals surface area contributed by atoms with Crippen LogP contribution in [-0.4, -0.2) is 47.4 Å². The van der Waals surface area contributed by atoms with Gasteiger partial charge in [-0.1, -0.05) is 29.3 Å². The van der Waals surface area contributed by atoms with Crippen molar-refractivity contribution >= 4 is 40.9 Å². The Morgan fingerprint density at radius 3 is 2.50 bits per heavy atom. The number of carbonyl (C=O) groups is 3. The monoisotopic (exact) mass is 451 g/mol. The molecular formula is C21H23Cl2N3O4. The Morgan fingerprint density at radius 2 is 1.87 bits per heavy atom. The maximum Gasteiger partial charge on any atom is 0.325 e. The summed E-state index contributed by atoms with van der Waals surface area (Å²) < 4.78 is 7.09. The van der Waals surface area contributed by atoms with Crippen molar-refractivity contribution in [1.29, 1.82) is 0 Å². The molecule has 2 aromatic rings. The van der Waals surface area contributed by atoms with E-state index in [4.69, 9.17) is 27.9 Å². The average Bonchev–Trinajstić information content (AvgIpc) is 3.10. The Hall–Kier alpha value is -2.35. The molecule has 7 nitrogen and oxygen atoms in total. The Morgan fingerprint density at radius 1 is 1.17 bits per heavy atom. The molecule has 1 unspecified atom stereocenters. The number of ketones is 1. The number of benzene rings is 1. The molecule has 1 N–H and O–H groups in total. The van der Waals surface area contributed by atoms with Crippen LogP contribution in [0.1, 0.15) is 34.2 Å². The Bertz CT molecular complexity index is 1030. The van der Waals surface area contributed by atoms with Crippen molar-refractivity contribution in [2.45, 2.75) is 32.9 Å². The number of methoxy groups -OCH3 is 1. The van der Waals surface area contributed by atoms with Gasteiger partial charge in [-0.15, -0.1) is 0 Å². The molecule has 0 aliphatic carbocycles. The van der Waals surface area contributed by atoms with Gasteiger partial charge in [0, 0.05) is 30.6 Å². The first-order valence-electron chi connectivity index (χ1n) is 9.38. The van der Waals surface area contributed by atoms with Crippen LogP contribution in [0.15, 0.2) is 24.3 Å². The number of amides is 3. The van der Waals surface area contributed by atoms with Crippen LogP contribution in [0.4, 0.5) is 4.79 Å². The summed E-state index contributed by atoms with van der Waals surface area (Å²) in [6.07, 6.45) is 0. The van der Waals surface area contributed by atoms with Gasteiger partial charge in [0.25, 0.3) is 5.91 Å². The summed E-state index contributed by atoms with van der Waals surface area (Å²) in [5.74, 6) is -0.832. The number of Topliss-reactive ketones (excluding diaryl/α,β-unsaturated/α-hetero) is 1. The average molecular weight is 452 g/mol. The number of ether oxygens (including phenoxy) is 1. The Kier molecular flexibility index (Phi) is 6.26. The van der Waals surface area contributed by atoms with Gasteiger partial charge in [-0.25, -0.2) is 4.79 Å². The largest absolute Gasteiger partial charge is 0.383 e. The van der Waals surface area contributed by atoms with Gasteiger partial charge in [0.1, 0.15) is 5.54 Å². The van der Waals surface area contributed by atoms with Crippen molar-refractivity contribution in [3.05, 3.63) is 56.8 Å². The normalized spacial score (nSPS) is 18.8. The van der Waals surface area contributed by atoms with Gasteiger partial charge in [-0.05, 0) is 44.5 Å². The molecule has 30 heavy (non-hydrogen) atoms. The van der Waals surface area contributed by atoms with E-state index in [1.807, 2.05) is 18.4 Å². The minimum atomic E-state index is -1.33. The summed E-state index contributed by atoms with van der Waals surface area (Å²) in [5.41, 5.74) is 1.32. The number of halogens is 2. The highest BCUT2D eigenvalue weighted by Gasteiger charge is 2.49. The van der Waals surface area contributed by atoms with Gasteiger partial charge in [-0.3, -0.25) is 14.5 Å². The second kappa shape index (κ2) is 8.41. The number of carbonyl (C=O) groups excluding carboxylic acids is 3. The van der Waals surface area contributed by atoms with Gasteiger partial charge in [0.05, 0.1) is 23.2 Å². The van der Waals surface area contributed by atoms with Crippen LogP contribution in [0.5, 0.6) is 0 Å². The van der Waals surface area contributed by atoms with E-state index in [1.54, 1.807) is 32.2 Å². The molecule has 1 aliphatic heterocycles. The highest BCUT2D eigenvalue weighted by atomic mass is 35.5. The predicted octanol–water partition coefficient (Wildman–Crippen LogP) is 3.71. The lowest BCUT2D eigenvalue weighted by Gasteiger charge is -2.22. The highest BCUT2D eigenvalue weighted by Crippen LogP contribution is 2.33. The van der Waals surface area contributed by atoms with E-state index in [-0.39, 0.29) is 17.4 Å². The van der Waals surface area contributed by atoms with Crippen LogP contribution < -0.4 is 5.32 Å². The number of aryl methyl sites for hydroxylation is 1. The smallest absolute Gasteiger partial charge is 0.325 e. The first-order valence-corrected chi connectivity index (χ1v) is 10.1. The minimum absolute atomic E-state index is 0.274. The Labute approximate surface area is 184 Å². The van der Waals surface area contributed by atoms with Crippen LogP contribution in [-0.2, 0) is 21.6 Å². The number of hydrogen-bond acceptors (Lipinski definition) is 4. The maximum atomic E-state index is 13.1. The summed E-state index contributed by atoms with van der Waals surface area (Å²) in [6.45, 7) is 6.08. The second-order valence-electron chi connectivity index (χ2n) is 7.43. The molecule has 0 spiro atoms. The topological polar surface area (TPSA) is 80.6 Å². The van der Waals surface area contributed by atoms with Crippen molar-refractivity contribution in [2.75, 3.05) is 20.3 Å². The van der Waals surface area contributed by atoms with Gasteiger partial charge in [0.2, 0.25) is 0 Å². The van der Waals surface area contributed by atoms with Crippen LogP contribution in [0.3, 0.4) is 0 Å². The van der Waals surface area contributed by atoms with Crippen LogP contribution in [0, 0.1) is 13.8 Å². The van der Waals surface area contributed by atoms with E-state index in [2.05, 4.69) is 5.32 Å². The highest BCUT2D eigenvalue weighted by molar-refractivity contribution is 6.42. The number of hydrogen-bond donors (Lipinski definition) is 1. The van der Waals surface area contributed by atoms with Crippen molar-refractivity contribution in [1.82, 2.24) is 14.8 Å². The van der Waals surface area contributed by atoms with Crippen molar-refractivity contribution in [3.8, 4) is 0 Å². The van der Waals surface area contributed by atoms with Gasteiger partial charge in [0.15, 0.2) is 5.78 Å². The van der Waals surface area contributed by atoms with Gasteiger partial charge >= 0.3 is 6.03 Å². The number of imide groups is 1. The molecule has 1 saturated heterocycles. The minimum Gasteiger partial charge on any atom is -0.383 e. The molecule has 1 atom stereocenters. The standard InChI is InChI=1S/C21H23Cl2N3O4/c1-12-9-15(13(2)25(12)7-8-30-4)18(27)11-26-19(28)21(3,24-20(26)29)14-5-6-16(22)17(23)10-14/h5-6,9-10H,7-8,11H2,1-4H3,(H,24,29). The second-order valence-corrected chi connectivity index (χ2v) is 8.24. The molecule has 9 heteroatoms. The fraction of sp³-hybridized carbons (Fsp3) is 0.381. The van der Waals surface area contributed by atoms with Crippen molar-refractivity contribution < 1.29 is 19.1 Å². The van der Waals surface area contributed by atoms with E-state index in [1.165, 1.54) is 6.07 Å². The van der Waals surface area contributed by atoms with Crippen LogP contribution >= 0.6 is 23.2 Å². The molecule has 3 rings (SSSR count). The Balaban J connectivity index is 1.84. The molecule has 3 amide bonds. The third-order valence-electron chi connectivity index (χ3n) is 5.47. The molecule has 2 heterocycles. The molecular weight excluding hydrogens is 429 g/mol. The van der Waals surface area contributed by atoms with E-state index in [9.17, 15) is 14.4 Å². The summed E-state index contributed by atoms with van der Waals surface area (Å²) >= 11 is 12.0. The number of nitrogens with zero attached hydrogens (tertiary/aromatic N) is 2. The molecule has 0 bridgehead atoms. The van der Waals surface area contributed by atoms with Gasteiger partial charge < -0.3 is 14.6 Å². The predicted molar refractivity (Wildman–Crippen MR) is 114 cm³/mol. The summed E-state index contributed by atoms with van der Waals surface area (Å²) in [4.78, 5) is 39.5. The number of nitrogens with one attached hydrogen (secondary N) is 1. The molecule has 1 aliphatic rings. The molecule has 1 aromatic carbocycles. The molecule has 160 valence electrons. The summed E-state index contributed by atoms with van der Waals surface area (Å²) in [5, 5.41) is 3.29. The fourth-order valence-corrected chi connectivity index (χ4v) is 3.98. The SMILES string of the molecule is COCCn1c(C)cc(C(=O)CN2C(=O)NC(C)(c3ccc(Cl)c(Cl)c3)C2=O)c1C. The quantitative estimate of drug-likeness (QED) is 0.513. The number of rotatable bonds is 7. The molecule has 0 saturated carbocycles. The zero-order chi connectivity index (χ0) is 22.2. The van der Waals surface area contributed by atoms with Crippen LogP contribution in [0.2, 0.25) is 10.0 Å². The lowest BCUT2D eigenvalue weighted by atomic mass is 9.92. The molecule has 1 fully saturated rings. The zero-order valence-corrected chi connectivity index (χ0v) is 18.7. The first kappa shape index (κ1) is 22.3. The molecule has 1 aromatic heterocycles. The maximum absolute atomic E-state index is 13.1. The number of aromatic nitrogens is 1. The van der Waals surface area contributed by atoms with E-state index in [0.29, 0.717) is 29.3 Å². The van der Waals surface area contributed by atoms with Crippen molar-refractivity contribution in [3.63, 3.8) is 0 Å². The summed E-state index contributed by atoms with van der Waals surface area (Å²) in [6, 6.07) is 5.87. The van der Waals surface area contributed by atoms with E-state index in [0.717, 1.165) is 16.3 Å². The summed E-state index contributed by atoms with van der Waals surface area (Å²) in [7, 11) is 1.61. The number of urea groups is 1. The van der Waals surface area contributed by atoms with E-state index >= 15 is 0 Å². The van der Waals surface area contributed by atoms with E-state index < -0.39 is 17.5 Å². The lowest BCUT2D eigenvalue weighted by molar-refractivity contribution is -0.130. The fourth-order valence-electron chi connectivity index (χ4n) is 3.68. The van der Waals surface area contributed by atoms with Crippen molar-refractivity contribution in [2.24, 2.45) is 0 Å². The third-order valence-corrected chi connectivity index (χ3v) is 6.21. The molecule has 0 radical (unpaired) electrons.